The standard InChI is InChI=1S/C20H18F3N3S/c1-13-7-9-27-18(13)12-26-8-6-17-15(11-26)10-24-19(25-17)14-2-4-16(5-3-14)20(21,22)23/h2-5,7,9-10H,6,8,11-12H2,1H3. The van der Waals surface area contributed by atoms with Gasteiger partial charge in [0, 0.05) is 48.3 Å². The van der Waals surface area contributed by atoms with Gasteiger partial charge in [0.25, 0.3) is 0 Å². The molecule has 0 saturated carbocycles. The van der Waals surface area contributed by atoms with Gasteiger partial charge in [-0.15, -0.1) is 11.3 Å². The normalized spacial score (nSPS) is 15.0. The van der Waals surface area contributed by atoms with Gasteiger partial charge >= 0.3 is 6.18 Å². The number of rotatable bonds is 3. The van der Waals surface area contributed by atoms with Crippen LogP contribution in [0.1, 0.15) is 27.3 Å². The van der Waals surface area contributed by atoms with E-state index in [4.69, 9.17) is 0 Å². The average Bonchev–Trinajstić information content (AvgIpc) is 3.05. The summed E-state index contributed by atoms with van der Waals surface area (Å²) >= 11 is 1.77. The summed E-state index contributed by atoms with van der Waals surface area (Å²) in [6, 6.07) is 7.14. The van der Waals surface area contributed by atoms with E-state index in [0.29, 0.717) is 11.4 Å². The number of hydrogen-bond donors (Lipinski definition) is 0. The highest BCUT2D eigenvalue weighted by Gasteiger charge is 2.30. The summed E-state index contributed by atoms with van der Waals surface area (Å²) in [5.74, 6) is 0.477. The van der Waals surface area contributed by atoms with Gasteiger partial charge in [0.2, 0.25) is 0 Å². The maximum atomic E-state index is 12.7. The van der Waals surface area contributed by atoms with Gasteiger partial charge < -0.3 is 0 Å². The molecule has 0 N–H and O–H groups in total. The Hall–Kier alpha value is -2.25. The molecule has 7 heteroatoms. The monoisotopic (exact) mass is 389 g/mol. The Morgan fingerprint density at radius 1 is 1.15 bits per heavy atom. The summed E-state index contributed by atoms with van der Waals surface area (Å²) in [6.07, 6.45) is -1.71. The fourth-order valence-electron chi connectivity index (χ4n) is 3.23. The molecule has 0 unspecified atom stereocenters. The van der Waals surface area contributed by atoms with E-state index < -0.39 is 11.7 Å². The Morgan fingerprint density at radius 2 is 1.93 bits per heavy atom. The van der Waals surface area contributed by atoms with Gasteiger partial charge in [0.1, 0.15) is 0 Å². The second kappa shape index (κ2) is 7.05. The van der Waals surface area contributed by atoms with Crippen molar-refractivity contribution in [1.29, 1.82) is 0 Å². The quantitative estimate of drug-likeness (QED) is 0.625. The number of aromatic nitrogens is 2. The second-order valence-electron chi connectivity index (χ2n) is 6.73. The molecule has 0 amide bonds. The molecule has 4 rings (SSSR count). The smallest absolute Gasteiger partial charge is 0.293 e. The number of nitrogens with zero attached hydrogens (tertiary/aromatic N) is 3. The molecule has 1 aliphatic heterocycles. The Morgan fingerprint density at radius 3 is 2.59 bits per heavy atom. The largest absolute Gasteiger partial charge is 0.416 e. The number of benzene rings is 1. The first-order valence-corrected chi connectivity index (χ1v) is 9.56. The summed E-state index contributed by atoms with van der Waals surface area (Å²) in [5, 5.41) is 2.11. The van der Waals surface area contributed by atoms with Crippen molar-refractivity contribution in [1.82, 2.24) is 14.9 Å². The van der Waals surface area contributed by atoms with Gasteiger partial charge in [0.05, 0.1) is 11.3 Å². The van der Waals surface area contributed by atoms with Crippen molar-refractivity contribution in [3.8, 4) is 11.4 Å². The van der Waals surface area contributed by atoms with E-state index in [9.17, 15) is 13.2 Å². The number of fused-ring (bicyclic) bond motifs is 1. The maximum absolute atomic E-state index is 12.7. The van der Waals surface area contributed by atoms with Crippen LogP contribution in [0.2, 0.25) is 0 Å². The Labute approximate surface area is 159 Å². The van der Waals surface area contributed by atoms with Crippen LogP contribution in [0, 0.1) is 6.92 Å². The zero-order chi connectivity index (χ0) is 19.0. The van der Waals surface area contributed by atoms with Crippen molar-refractivity contribution in [2.75, 3.05) is 6.54 Å². The van der Waals surface area contributed by atoms with Crippen molar-refractivity contribution >= 4 is 11.3 Å². The average molecular weight is 389 g/mol. The van der Waals surface area contributed by atoms with Crippen LogP contribution >= 0.6 is 11.3 Å². The Bertz CT molecular complexity index is 948. The van der Waals surface area contributed by atoms with Crippen LogP contribution in [0.3, 0.4) is 0 Å². The fraction of sp³-hybridized carbons (Fsp3) is 0.300. The minimum Gasteiger partial charge on any atom is -0.293 e. The number of halogens is 3. The van der Waals surface area contributed by atoms with Crippen LogP contribution < -0.4 is 0 Å². The zero-order valence-electron chi connectivity index (χ0n) is 14.8. The minimum absolute atomic E-state index is 0.477. The Balaban J connectivity index is 1.51. The third-order valence-corrected chi connectivity index (χ3v) is 5.83. The lowest BCUT2D eigenvalue weighted by molar-refractivity contribution is -0.137. The van der Waals surface area contributed by atoms with Crippen LogP contribution in [-0.2, 0) is 25.7 Å². The molecule has 0 saturated heterocycles. The molecule has 0 atom stereocenters. The number of aryl methyl sites for hydroxylation is 1. The van der Waals surface area contributed by atoms with E-state index in [1.54, 1.807) is 11.3 Å². The molecule has 3 nitrogen and oxygen atoms in total. The third kappa shape index (κ3) is 3.89. The molecule has 27 heavy (non-hydrogen) atoms. The van der Waals surface area contributed by atoms with Crippen LogP contribution in [0.5, 0.6) is 0 Å². The number of alkyl halides is 3. The van der Waals surface area contributed by atoms with Gasteiger partial charge in [-0.2, -0.15) is 13.2 Å². The summed E-state index contributed by atoms with van der Waals surface area (Å²) < 4.78 is 38.1. The van der Waals surface area contributed by atoms with Gasteiger partial charge in [-0.05, 0) is 36.1 Å². The predicted octanol–water partition coefficient (Wildman–Crippen LogP) is 5.09. The van der Waals surface area contributed by atoms with Crippen LogP contribution in [0.15, 0.2) is 41.9 Å². The summed E-state index contributed by atoms with van der Waals surface area (Å²) in [5.41, 5.74) is 3.33. The summed E-state index contributed by atoms with van der Waals surface area (Å²) in [6.45, 7) is 4.75. The van der Waals surface area contributed by atoms with Crippen molar-refractivity contribution < 1.29 is 13.2 Å². The molecule has 1 aliphatic rings. The van der Waals surface area contributed by atoms with Crippen molar-refractivity contribution in [2.24, 2.45) is 0 Å². The lowest BCUT2D eigenvalue weighted by atomic mass is 10.1. The summed E-state index contributed by atoms with van der Waals surface area (Å²) in [7, 11) is 0. The van der Waals surface area contributed by atoms with E-state index >= 15 is 0 Å². The molecule has 0 fully saturated rings. The third-order valence-electron chi connectivity index (χ3n) is 4.82. The minimum atomic E-state index is -4.33. The van der Waals surface area contributed by atoms with Gasteiger partial charge in [-0.3, -0.25) is 4.90 Å². The molecule has 2 aromatic heterocycles. The molecule has 0 radical (unpaired) electrons. The SMILES string of the molecule is Cc1ccsc1CN1CCc2nc(-c3ccc(C(F)(F)F)cc3)ncc2C1. The van der Waals surface area contributed by atoms with Crippen LogP contribution in [0.25, 0.3) is 11.4 Å². The first-order chi connectivity index (χ1) is 12.9. The molecule has 0 bridgehead atoms. The maximum Gasteiger partial charge on any atom is 0.416 e. The lowest BCUT2D eigenvalue weighted by Gasteiger charge is -2.27. The van der Waals surface area contributed by atoms with E-state index in [2.05, 4.69) is 33.2 Å². The lowest BCUT2D eigenvalue weighted by Crippen LogP contribution is -2.30. The number of thiophene rings is 1. The zero-order valence-corrected chi connectivity index (χ0v) is 15.6. The topological polar surface area (TPSA) is 29.0 Å². The van der Waals surface area contributed by atoms with Crippen molar-refractivity contribution in [3.63, 3.8) is 0 Å². The Kier molecular flexibility index (Phi) is 4.74. The van der Waals surface area contributed by atoms with Crippen molar-refractivity contribution in [3.05, 3.63) is 69.2 Å². The molecular weight excluding hydrogens is 371 g/mol. The summed E-state index contributed by atoms with van der Waals surface area (Å²) in [4.78, 5) is 12.7. The molecular formula is C20H18F3N3S. The van der Waals surface area contributed by atoms with Gasteiger partial charge in [-0.1, -0.05) is 12.1 Å². The van der Waals surface area contributed by atoms with Crippen LogP contribution in [-0.4, -0.2) is 21.4 Å². The van der Waals surface area contributed by atoms with E-state index in [1.165, 1.54) is 22.6 Å². The first-order valence-electron chi connectivity index (χ1n) is 8.68. The van der Waals surface area contributed by atoms with E-state index in [1.807, 2.05) is 6.20 Å². The molecule has 0 aliphatic carbocycles. The highest BCUT2D eigenvalue weighted by Crippen LogP contribution is 2.31. The van der Waals surface area contributed by atoms with Gasteiger partial charge in [0.15, 0.2) is 5.82 Å². The second-order valence-corrected chi connectivity index (χ2v) is 7.73. The molecule has 3 aromatic rings. The number of hydrogen-bond acceptors (Lipinski definition) is 4. The molecule has 3 heterocycles. The predicted molar refractivity (Wildman–Crippen MR) is 99.3 cm³/mol. The molecule has 0 spiro atoms. The van der Waals surface area contributed by atoms with Crippen molar-refractivity contribution in [2.45, 2.75) is 32.6 Å². The van der Waals surface area contributed by atoms with E-state index in [0.717, 1.165) is 49.4 Å². The molecule has 1 aromatic carbocycles. The molecule has 140 valence electrons. The highest BCUT2D eigenvalue weighted by molar-refractivity contribution is 7.10. The van der Waals surface area contributed by atoms with Crippen LogP contribution in [0.4, 0.5) is 13.2 Å². The van der Waals surface area contributed by atoms with E-state index in [-0.39, 0.29) is 0 Å². The first kappa shape index (κ1) is 18.1. The fourth-order valence-corrected chi connectivity index (χ4v) is 4.17. The van der Waals surface area contributed by atoms with Gasteiger partial charge in [-0.25, -0.2) is 9.97 Å². The highest BCUT2D eigenvalue weighted by atomic mass is 32.1.